The number of rotatable bonds is 5. The van der Waals surface area contributed by atoms with Gasteiger partial charge in [0.2, 0.25) is 0 Å². The number of aliphatic imine (C=N–C) groups is 1. The van der Waals surface area contributed by atoms with E-state index in [0.717, 1.165) is 50.1 Å². The van der Waals surface area contributed by atoms with Crippen LogP contribution in [0.1, 0.15) is 12.8 Å². The first-order chi connectivity index (χ1) is 8.36. The van der Waals surface area contributed by atoms with Gasteiger partial charge in [-0.25, -0.2) is 0 Å². The molecule has 5 heteroatoms. The van der Waals surface area contributed by atoms with Crippen molar-refractivity contribution in [1.29, 1.82) is 0 Å². The van der Waals surface area contributed by atoms with Crippen molar-refractivity contribution in [3.8, 4) is 12.3 Å². The second-order valence-corrected chi connectivity index (χ2v) is 4.89. The molecule has 1 heterocycles. The summed E-state index contributed by atoms with van der Waals surface area (Å²) in [5.74, 6) is 5.25. The van der Waals surface area contributed by atoms with E-state index >= 15 is 0 Å². The van der Waals surface area contributed by atoms with Gasteiger partial charge in [0.1, 0.15) is 0 Å². The van der Waals surface area contributed by atoms with Gasteiger partial charge < -0.3 is 15.4 Å². The molecule has 96 valence electrons. The fraction of sp³-hybridized carbons (Fsp3) is 0.750. The fourth-order valence-electron chi connectivity index (χ4n) is 1.60. The summed E-state index contributed by atoms with van der Waals surface area (Å²) < 4.78 is 5.32. The number of hydrogen-bond donors (Lipinski definition) is 2. The number of nitrogens with zero attached hydrogens (tertiary/aromatic N) is 1. The molecule has 0 bridgehead atoms. The summed E-state index contributed by atoms with van der Waals surface area (Å²) in [6, 6.07) is 0.480. The van der Waals surface area contributed by atoms with Gasteiger partial charge in [0.25, 0.3) is 0 Å². The SMILES string of the molecule is C#CCSCCNC(=NC)NC1CCOCC1. The Morgan fingerprint density at radius 1 is 1.53 bits per heavy atom. The molecule has 0 unspecified atom stereocenters. The van der Waals surface area contributed by atoms with E-state index in [-0.39, 0.29) is 0 Å². The fourth-order valence-corrected chi connectivity index (χ4v) is 2.11. The summed E-state index contributed by atoms with van der Waals surface area (Å²) >= 11 is 1.75. The Morgan fingerprint density at radius 3 is 2.94 bits per heavy atom. The number of thioether (sulfide) groups is 1. The first-order valence-electron chi connectivity index (χ1n) is 5.93. The van der Waals surface area contributed by atoms with Crippen LogP contribution < -0.4 is 10.6 Å². The van der Waals surface area contributed by atoms with Crippen LogP contribution in [0.4, 0.5) is 0 Å². The molecule has 1 aliphatic heterocycles. The van der Waals surface area contributed by atoms with Gasteiger partial charge in [-0.2, -0.15) is 0 Å². The number of ether oxygens (including phenoxy) is 1. The standard InChI is InChI=1S/C12H21N3OS/c1-3-9-17-10-6-14-12(13-2)15-11-4-7-16-8-5-11/h1,11H,4-10H2,2H3,(H2,13,14,15). The van der Waals surface area contributed by atoms with Crippen LogP contribution >= 0.6 is 11.8 Å². The Morgan fingerprint density at radius 2 is 2.29 bits per heavy atom. The van der Waals surface area contributed by atoms with E-state index in [1.54, 1.807) is 18.8 Å². The van der Waals surface area contributed by atoms with Crippen LogP contribution in [0.5, 0.6) is 0 Å². The van der Waals surface area contributed by atoms with Crippen molar-refractivity contribution in [2.45, 2.75) is 18.9 Å². The van der Waals surface area contributed by atoms with Crippen molar-refractivity contribution in [3.63, 3.8) is 0 Å². The third kappa shape index (κ3) is 6.44. The highest BCUT2D eigenvalue weighted by Gasteiger charge is 2.14. The summed E-state index contributed by atoms with van der Waals surface area (Å²) in [6.45, 7) is 2.56. The summed E-state index contributed by atoms with van der Waals surface area (Å²) in [4.78, 5) is 4.20. The molecular weight excluding hydrogens is 234 g/mol. The highest BCUT2D eigenvalue weighted by molar-refractivity contribution is 7.99. The minimum Gasteiger partial charge on any atom is -0.381 e. The van der Waals surface area contributed by atoms with Crippen LogP contribution in [0.15, 0.2) is 4.99 Å². The Hall–Kier alpha value is -0.860. The average Bonchev–Trinajstić information content (AvgIpc) is 2.38. The van der Waals surface area contributed by atoms with Gasteiger partial charge in [-0.05, 0) is 12.8 Å². The Kier molecular flexibility index (Phi) is 7.69. The lowest BCUT2D eigenvalue weighted by molar-refractivity contribution is 0.0822. The maximum atomic E-state index is 5.32. The molecule has 17 heavy (non-hydrogen) atoms. The highest BCUT2D eigenvalue weighted by Crippen LogP contribution is 2.05. The third-order valence-corrected chi connectivity index (χ3v) is 3.37. The van der Waals surface area contributed by atoms with Crippen LogP contribution in [0.2, 0.25) is 0 Å². The molecule has 0 atom stereocenters. The lowest BCUT2D eigenvalue weighted by atomic mass is 10.1. The van der Waals surface area contributed by atoms with E-state index in [0.29, 0.717) is 6.04 Å². The molecule has 1 rings (SSSR count). The predicted octanol–water partition coefficient (Wildman–Crippen LogP) is 0.697. The van der Waals surface area contributed by atoms with E-state index in [9.17, 15) is 0 Å². The van der Waals surface area contributed by atoms with E-state index in [1.165, 1.54) is 0 Å². The van der Waals surface area contributed by atoms with Crippen molar-refractivity contribution in [3.05, 3.63) is 0 Å². The summed E-state index contributed by atoms with van der Waals surface area (Å²) in [7, 11) is 1.79. The second-order valence-electron chi connectivity index (χ2n) is 3.79. The van der Waals surface area contributed by atoms with Crippen LogP contribution in [0, 0.1) is 12.3 Å². The maximum Gasteiger partial charge on any atom is 0.191 e. The van der Waals surface area contributed by atoms with E-state index in [4.69, 9.17) is 11.2 Å². The van der Waals surface area contributed by atoms with Crippen LogP contribution in [0.25, 0.3) is 0 Å². The van der Waals surface area contributed by atoms with Crippen molar-refractivity contribution >= 4 is 17.7 Å². The molecule has 0 spiro atoms. The minimum atomic E-state index is 0.480. The normalized spacial score (nSPS) is 17.5. The van der Waals surface area contributed by atoms with E-state index < -0.39 is 0 Å². The molecule has 0 amide bonds. The lowest BCUT2D eigenvalue weighted by Crippen LogP contribution is -2.46. The van der Waals surface area contributed by atoms with Gasteiger partial charge in [-0.3, -0.25) is 4.99 Å². The smallest absolute Gasteiger partial charge is 0.191 e. The monoisotopic (exact) mass is 255 g/mol. The largest absolute Gasteiger partial charge is 0.381 e. The molecule has 0 saturated carbocycles. The van der Waals surface area contributed by atoms with Gasteiger partial charge in [0.05, 0.1) is 5.75 Å². The van der Waals surface area contributed by atoms with Gasteiger partial charge in [-0.1, -0.05) is 5.92 Å². The van der Waals surface area contributed by atoms with Gasteiger partial charge in [-0.15, -0.1) is 18.2 Å². The molecule has 1 aliphatic rings. The van der Waals surface area contributed by atoms with Gasteiger partial charge in [0.15, 0.2) is 5.96 Å². The molecule has 0 aromatic heterocycles. The molecular formula is C12H21N3OS. The van der Waals surface area contributed by atoms with E-state index in [1.807, 2.05) is 0 Å². The first kappa shape index (κ1) is 14.2. The summed E-state index contributed by atoms with van der Waals surface area (Å²) in [6.07, 6.45) is 7.28. The third-order valence-electron chi connectivity index (χ3n) is 2.51. The van der Waals surface area contributed by atoms with Crippen molar-refractivity contribution in [2.24, 2.45) is 4.99 Å². The molecule has 4 nitrogen and oxygen atoms in total. The number of guanidine groups is 1. The van der Waals surface area contributed by atoms with Crippen molar-refractivity contribution < 1.29 is 4.74 Å². The Labute approximate surface area is 108 Å². The number of hydrogen-bond acceptors (Lipinski definition) is 3. The predicted molar refractivity (Wildman–Crippen MR) is 74.5 cm³/mol. The van der Waals surface area contributed by atoms with E-state index in [2.05, 4.69) is 21.5 Å². The first-order valence-corrected chi connectivity index (χ1v) is 7.08. The quantitative estimate of drug-likeness (QED) is 0.328. The van der Waals surface area contributed by atoms with Gasteiger partial charge in [0, 0.05) is 38.6 Å². The number of terminal acetylenes is 1. The zero-order valence-electron chi connectivity index (χ0n) is 10.4. The molecule has 1 saturated heterocycles. The molecule has 0 aliphatic carbocycles. The Balaban J connectivity index is 2.13. The second kappa shape index (κ2) is 9.20. The summed E-state index contributed by atoms with van der Waals surface area (Å²) in [5, 5.41) is 6.69. The van der Waals surface area contributed by atoms with Gasteiger partial charge >= 0.3 is 0 Å². The minimum absolute atomic E-state index is 0.480. The van der Waals surface area contributed by atoms with Crippen molar-refractivity contribution in [2.75, 3.05) is 38.3 Å². The number of nitrogens with one attached hydrogen (secondary N) is 2. The lowest BCUT2D eigenvalue weighted by Gasteiger charge is -2.25. The Bertz CT molecular complexity index is 269. The summed E-state index contributed by atoms with van der Waals surface area (Å²) in [5.41, 5.74) is 0. The van der Waals surface area contributed by atoms with Crippen molar-refractivity contribution in [1.82, 2.24) is 10.6 Å². The zero-order chi connectivity index (χ0) is 12.3. The van der Waals surface area contributed by atoms with Crippen LogP contribution in [-0.2, 0) is 4.74 Å². The highest BCUT2D eigenvalue weighted by atomic mass is 32.2. The van der Waals surface area contributed by atoms with Crippen LogP contribution in [-0.4, -0.2) is 50.3 Å². The molecule has 0 aromatic carbocycles. The molecule has 2 N–H and O–H groups in total. The van der Waals surface area contributed by atoms with Crippen LogP contribution in [0.3, 0.4) is 0 Å². The maximum absolute atomic E-state index is 5.32. The molecule has 0 radical (unpaired) electrons. The molecule has 0 aromatic rings. The topological polar surface area (TPSA) is 45.7 Å². The average molecular weight is 255 g/mol. The molecule has 1 fully saturated rings. The zero-order valence-corrected chi connectivity index (χ0v) is 11.2.